The highest BCUT2D eigenvalue weighted by molar-refractivity contribution is 7.78. The summed E-state index contributed by atoms with van der Waals surface area (Å²) in [6.45, 7) is 0.544. The maximum Gasteiger partial charge on any atom is 0.435 e. The first kappa shape index (κ1) is 10.9. The molecule has 0 spiro atoms. The summed E-state index contributed by atoms with van der Waals surface area (Å²) in [5, 5.41) is 5.44. The van der Waals surface area contributed by atoms with Crippen molar-refractivity contribution in [3.8, 4) is 0 Å². The fourth-order valence-electron chi connectivity index (χ4n) is 0.836. The number of rotatable bonds is 3. The van der Waals surface area contributed by atoms with Crippen molar-refractivity contribution in [2.45, 2.75) is 12.7 Å². The summed E-state index contributed by atoms with van der Waals surface area (Å²) in [6.07, 6.45) is -3.14. The molecule has 0 aliphatic carbocycles. The molecule has 1 aromatic heterocycles. The molecule has 0 aliphatic heterocycles. The summed E-state index contributed by atoms with van der Waals surface area (Å²) in [6, 6.07) is 0.918. The fraction of sp³-hybridized carbons (Fsp3) is 0.429. The van der Waals surface area contributed by atoms with E-state index in [1.54, 1.807) is 0 Å². The fourth-order valence-corrected chi connectivity index (χ4v) is 0.927. The highest BCUT2D eigenvalue weighted by Crippen LogP contribution is 2.27. The van der Waals surface area contributed by atoms with Crippen LogP contribution in [0.3, 0.4) is 0 Å². The lowest BCUT2D eigenvalue weighted by atomic mass is 10.4. The molecule has 0 saturated carbocycles. The Morgan fingerprint density at radius 1 is 1.57 bits per heavy atom. The van der Waals surface area contributed by atoms with Crippen molar-refractivity contribution in [1.82, 2.24) is 9.78 Å². The Kier molecular flexibility index (Phi) is 3.38. The smallest absolute Gasteiger partial charge is 0.270 e. The monoisotopic (exact) mass is 221 g/mol. The van der Waals surface area contributed by atoms with E-state index in [1.165, 1.54) is 10.9 Å². The van der Waals surface area contributed by atoms with Gasteiger partial charge in [0.05, 0.1) is 18.3 Å². The second-order valence-electron chi connectivity index (χ2n) is 2.43. The summed E-state index contributed by atoms with van der Waals surface area (Å²) in [7, 11) is 0. The van der Waals surface area contributed by atoms with Gasteiger partial charge in [-0.25, -0.2) is 4.99 Å². The molecule has 1 aromatic rings. The van der Waals surface area contributed by atoms with Crippen molar-refractivity contribution < 1.29 is 13.2 Å². The lowest BCUT2D eigenvalue weighted by molar-refractivity contribution is -0.141. The number of alkyl halides is 3. The highest BCUT2D eigenvalue weighted by Gasteiger charge is 2.33. The van der Waals surface area contributed by atoms with E-state index in [0.717, 1.165) is 6.07 Å². The van der Waals surface area contributed by atoms with Crippen molar-refractivity contribution in [2.24, 2.45) is 4.99 Å². The molecule has 0 aromatic carbocycles. The average molecular weight is 221 g/mol. The molecule has 0 amide bonds. The number of hydrogen-bond acceptors (Lipinski definition) is 3. The Labute approximate surface area is 83.2 Å². The molecule has 0 atom stereocenters. The largest absolute Gasteiger partial charge is 0.435 e. The average Bonchev–Trinajstić information content (AvgIpc) is 2.52. The Morgan fingerprint density at radius 2 is 2.29 bits per heavy atom. The zero-order valence-corrected chi connectivity index (χ0v) is 7.77. The third-order valence-electron chi connectivity index (χ3n) is 1.44. The third-order valence-corrected chi connectivity index (χ3v) is 1.57. The molecular formula is C7H6F3N3S. The van der Waals surface area contributed by atoms with Crippen LogP contribution in [0.15, 0.2) is 17.3 Å². The first-order valence-corrected chi connectivity index (χ1v) is 4.09. The van der Waals surface area contributed by atoms with Crippen LogP contribution in [0.25, 0.3) is 0 Å². The minimum Gasteiger partial charge on any atom is -0.270 e. The molecular weight excluding hydrogens is 215 g/mol. The molecule has 14 heavy (non-hydrogen) atoms. The van der Waals surface area contributed by atoms with E-state index in [2.05, 4.69) is 27.5 Å². The van der Waals surface area contributed by atoms with Gasteiger partial charge in [-0.05, 0) is 18.3 Å². The number of isothiocyanates is 1. The maximum absolute atomic E-state index is 12.1. The molecule has 1 heterocycles. The minimum atomic E-state index is -4.39. The van der Waals surface area contributed by atoms with Crippen LogP contribution >= 0.6 is 12.2 Å². The highest BCUT2D eigenvalue weighted by atomic mass is 32.1. The van der Waals surface area contributed by atoms with E-state index in [4.69, 9.17) is 0 Å². The maximum atomic E-state index is 12.1. The number of hydrogen-bond donors (Lipinski definition) is 0. The second kappa shape index (κ2) is 4.34. The molecule has 0 aliphatic rings. The van der Waals surface area contributed by atoms with E-state index in [-0.39, 0.29) is 13.1 Å². The Morgan fingerprint density at radius 3 is 2.79 bits per heavy atom. The van der Waals surface area contributed by atoms with Gasteiger partial charge in [-0.2, -0.15) is 18.3 Å². The van der Waals surface area contributed by atoms with Crippen LogP contribution in [0, 0.1) is 0 Å². The van der Waals surface area contributed by atoms with Gasteiger partial charge in [0.2, 0.25) is 0 Å². The van der Waals surface area contributed by atoms with Crippen LogP contribution in [0.5, 0.6) is 0 Å². The van der Waals surface area contributed by atoms with E-state index in [0.29, 0.717) is 0 Å². The summed E-state index contributed by atoms with van der Waals surface area (Å²) < 4.78 is 37.3. The van der Waals surface area contributed by atoms with Crippen molar-refractivity contribution in [2.75, 3.05) is 6.54 Å². The van der Waals surface area contributed by atoms with Crippen molar-refractivity contribution >= 4 is 17.4 Å². The van der Waals surface area contributed by atoms with E-state index < -0.39 is 11.9 Å². The van der Waals surface area contributed by atoms with E-state index >= 15 is 0 Å². The summed E-state index contributed by atoms with van der Waals surface area (Å²) >= 11 is 4.31. The van der Waals surface area contributed by atoms with E-state index in [1.807, 2.05) is 0 Å². The van der Waals surface area contributed by atoms with Gasteiger partial charge in [-0.1, -0.05) is 0 Å². The normalized spacial score (nSPS) is 11.1. The molecule has 1 rings (SSSR count). The van der Waals surface area contributed by atoms with Gasteiger partial charge in [0.15, 0.2) is 5.69 Å². The molecule has 3 nitrogen and oxygen atoms in total. The summed E-state index contributed by atoms with van der Waals surface area (Å²) in [4.78, 5) is 3.56. The Balaban J connectivity index is 2.64. The molecule has 0 N–H and O–H groups in total. The lowest BCUT2D eigenvalue weighted by Gasteiger charge is -2.00. The van der Waals surface area contributed by atoms with Gasteiger partial charge < -0.3 is 0 Å². The minimum absolute atomic E-state index is 0.264. The van der Waals surface area contributed by atoms with Gasteiger partial charge in [0.1, 0.15) is 0 Å². The van der Waals surface area contributed by atoms with Crippen molar-refractivity contribution in [3.05, 3.63) is 18.0 Å². The number of thiocarbonyl (C=S) groups is 1. The molecule has 76 valence electrons. The number of aliphatic imine (C=N–C) groups is 1. The second-order valence-corrected chi connectivity index (χ2v) is 2.62. The number of halogens is 3. The van der Waals surface area contributed by atoms with Gasteiger partial charge in [0.25, 0.3) is 0 Å². The van der Waals surface area contributed by atoms with Crippen LogP contribution in [0.2, 0.25) is 0 Å². The molecule has 0 unspecified atom stereocenters. The van der Waals surface area contributed by atoms with Crippen LogP contribution < -0.4 is 0 Å². The molecule has 0 bridgehead atoms. The first-order valence-electron chi connectivity index (χ1n) is 3.68. The standard InChI is InChI=1S/C7H6F3N3S/c8-7(9,10)6-1-3-13(12-6)4-2-11-5-14/h1,3H,2,4H2. The SMILES string of the molecule is FC(F)(F)c1ccn(CCN=C=S)n1. The van der Waals surface area contributed by atoms with Crippen molar-refractivity contribution in [1.29, 1.82) is 0 Å². The first-order chi connectivity index (χ1) is 6.54. The summed E-state index contributed by atoms with van der Waals surface area (Å²) in [5.74, 6) is 0. The lowest BCUT2D eigenvalue weighted by Crippen LogP contribution is -2.08. The predicted molar refractivity (Wildman–Crippen MR) is 47.1 cm³/mol. The third kappa shape index (κ3) is 2.93. The van der Waals surface area contributed by atoms with Crippen LogP contribution in [-0.2, 0) is 12.7 Å². The number of aromatic nitrogens is 2. The van der Waals surface area contributed by atoms with Crippen LogP contribution in [0.4, 0.5) is 13.2 Å². The molecule has 0 fully saturated rings. The van der Waals surface area contributed by atoms with Gasteiger partial charge in [0, 0.05) is 6.20 Å². The molecule has 0 radical (unpaired) electrons. The summed E-state index contributed by atoms with van der Waals surface area (Å²) in [5.41, 5.74) is -0.899. The Bertz CT molecular complexity index is 351. The van der Waals surface area contributed by atoms with Crippen molar-refractivity contribution in [3.63, 3.8) is 0 Å². The quantitative estimate of drug-likeness (QED) is 0.577. The zero-order chi connectivity index (χ0) is 10.6. The van der Waals surface area contributed by atoms with Crippen LogP contribution in [-0.4, -0.2) is 21.5 Å². The Hall–Kier alpha value is -1.20. The molecule has 7 heteroatoms. The van der Waals surface area contributed by atoms with Gasteiger partial charge >= 0.3 is 6.18 Å². The predicted octanol–water partition coefficient (Wildman–Crippen LogP) is 2.00. The van der Waals surface area contributed by atoms with Gasteiger partial charge in [-0.3, -0.25) is 4.68 Å². The topological polar surface area (TPSA) is 30.2 Å². The van der Waals surface area contributed by atoms with E-state index in [9.17, 15) is 13.2 Å². The zero-order valence-electron chi connectivity index (χ0n) is 6.95. The van der Waals surface area contributed by atoms with Gasteiger partial charge in [-0.15, -0.1) is 0 Å². The van der Waals surface area contributed by atoms with Crippen LogP contribution in [0.1, 0.15) is 5.69 Å². The molecule has 0 saturated heterocycles. The number of nitrogens with zero attached hydrogens (tertiary/aromatic N) is 3.